The molecule has 0 radical (unpaired) electrons. The molecule has 1 saturated heterocycles. The molecule has 2 aromatic carbocycles. The van der Waals surface area contributed by atoms with E-state index in [4.69, 9.17) is 9.47 Å². The minimum Gasteiger partial charge on any atom is -0.491 e. The number of rotatable bonds is 2. The first-order chi connectivity index (χ1) is 13.8. The molecule has 6 nitrogen and oxygen atoms in total. The lowest BCUT2D eigenvalue weighted by atomic mass is 10.1. The van der Waals surface area contributed by atoms with Crippen molar-refractivity contribution < 1.29 is 14.3 Å². The second kappa shape index (κ2) is 7.20. The molecule has 2 aliphatic heterocycles. The van der Waals surface area contributed by atoms with Gasteiger partial charge >= 0.3 is 0 Å². The summed E-state index contributed by atoms with van der Waals surface area (Å²) in [5.74, 6) is 0.900. The lowest BCUT2D eigenvalue weighted by Gasteiger charge is -2.29. The van der Waals surface area contributed by atoms with E-state index in [1.807, 2.05) is 41.4 Å². The summed E-state index contributed by atoms with van der Waals surface area (Å²) in [5.41, 5.74) is 3.89. The zero-order chi connectivity index (χ0) is 18.9. The molecule has 2 aliphatic rings. The molecule has 144 valence electrons. The van der Waals surface area contributed by atoms with Gasteiger partial charge in [-0.3, -0.25) is 4.79 Å². The third kappa shape index (κ3) is 3.20. The first-order valence-corrected chi connectivity index (χ1v) is 9.73. The highest BCUT2D eigenvalue weighted by Crippen LogP contribution is 2.29. The summed E-state index contributed by atoms with van der Waals surface area (Å²) in [6, 6.07) is 14.1. The number of aromatic nitrogens is 1. The number of anilines is 1. The average Bonchev–Trinajstić information content (AvgIpc) is 3.11. The van der Waals surface area contributed by atoms with Crippen molar-refractivity contribution in [3.8, 4) is 5.75 Å². The van der Waals surface area contributed by atoms with E-state index in [1.54, 1.807) is 0 Å². The van der Waals surface area contributed by atoms with E-state index in [2.05, 4.69) is 22.0 Å². The van der Waals surface area contributed by atoms with Gasteiger partial charge in [0.25, 0.3) is 5.91 Å². The largest absolute Gasteiger partial charge is 0.491 e. The van der Waals surface area contributed by atoms with Crippen LogP contribution in [0.25, 0.3) is 10.9 Å². The molecule has 0 bridgehead atoms. The number of morpholine rings is 1. The molecule has 0 atom stereocenters. The van der Waals surface area contributed by atoms with Crippen LogP contribution in [0, 0.1) is 0 Å². The predicted molar refractivity (Wildman–Crippen MR) is 108 cm³/mol. The van der Waals surface area contributed by atoms with Gasteiger partial charge in [-0.2, -0.15) is 0 Å². The van der Waals surface area contributed by atoms with Crippen LogP contribution in [0.15, 0.2) is 48.7 Å². The van der Waals surface area contributed by atoms with Crippen molar-refractivity contribution in [3.63, 3.8) is 0 Å². The van der Waals surface area contributed by atoms with Gasteiger partial charge in [0.15, 0.2) is 0 Å². The van der Waals surface area contributed by atoms with Crippen molar-refractivity contribution in [2.75, 3.05) is 44.4 Å². The molecule has 1 N–H and O–H groups in total. The number of nitrogens with zero attached hydrogens (tertiary/aromatic N) is 2. The maximum atomic E-state index is 13.1. The first kappa shape index (κ1) is 17.1. The van der Waals surface area contributed by atoms with Gasteiger partial charge in [-0.1, -0.05) is 6.07 Å². The van der Waals surface area contributed by atoms with Crippen LogP contribution < -0.4 is 9.64 Å². The van der Waals surface area contributed by atoms with E-state index in [1.165, 1.54) is 0 Å². The van der Waals surface area contributed by atoms with Gasteiger partial charge in [0.2, 0.25) is 0 Å². The van der Waals surface area contributed by atoms with Crippen molar-refractivity contribution in [3.05, 3.63) is 59.8 Å². The predicted octanol–water partition coefficient (Wildman–Crippen LogP) is 3.04. The van der Waals surface area contributed by atoms with Crippen molar-refractivity contribution >= 4 is 22.5 Å². The minimum atomic E-state index is 0.0322. The molecule has 3 heterocycles. The van der Waals surface area contributed by atoms with Gasteiger partial charge in [-0.25, -0.2) is 0 Å². The zero-order valence-electron chi connectivity index (χ0n) is 15.7. The normalized spacial score (nSPS) is 17.1. The van der Waals surface area contributed by atoms with Crippen molar-refractivity contribution in [2.24, 2.45) is 0 Å². The zero-order valence-corrected chi connectivity index (χ0v) is 15.7. The second-order valence-corrected chi connectivity index (χ2v) is 7.25. The van der Waals surface area contributed by atoms with Crippen molar-refractivity contribution in [2.45, 2.75) is 6.54 Å². The van der Waals surface area contributed by atoms with Crippen LogP contribution in [-0.4, -0.2) is 55.2 Å². The number of hydrogen-bond acceptors (Lipinski definition) is 4. The number of H-pyrrole nitrogens is 1. The Morgan fingerprint density at radius 1 is 0.964 bits per heavy atom. The average molecular weight is 377 g/mol. The number of carbonyl (C=O) groups excluding carboxylic acids is 1. The fourth-order valence-corrected chi connectivity index (χ4v) is 3.94. The Morgan fingerprint density at radius 3 is 2.75 bits per heavy atom. The highest BCUT2D eigenvalue weighted by Gasteiger charge is 2.22. The third-order valence-electron chi connectivity index (χ3n) is 5.49. The smallest absolute Gasteiger partial charge is 0.254 e. The molecule has 3 aromatic rings. The van der Waals surface area contributed by atoms with Gasteiger partial charge in [0.1, 0.15) is 12.4 Å². The minimum absolute atomic E-state index is 0.0322. The van der Waals surface area contributed by atoms with Crippen LogP contribution in [0.1, 0.15) is 15.9 Å². The van der Waals surface area contributed by atoms with E-state index in [0.29, 0.717) is 25.3 Å². The molecule has 0 spiro atoms. The van der Waals surface area contributed by atoms with Crippen LogP contribution in [-0.2, 0) is 11.3 Å². The summed E-state index contributed by atoms with van der Waals surface area (Å²) in [6.45, 7) is 4.90. The second-order valence-electron chi connectivity index (χ2n) is 7.25. The summed E-state index contributed by atoms with van der Waals surface area (Å²) in [6.07, 6.45) is 1.89. The topological polar surface area (TPSA) is 57.8 Å². The Kier molecular flexibility index (Phi) is 4.41. The number of hydrogen-bond donors (Lipinski definition) is 1. The molecule has 0 unspecified atom stereocenters. The van der Waals surface area contributed by atoms with Crippen LogP contribution in [0.2, 0.25) is 0 Å². The van der Waals surface area contributed by atoms with Gasteiger partial charge in [-0.05, 0) is 41.8 Å². The molecule has 28 heavy (non-hydrogen) atoms. The highest BCUT2D eigenvalue weighted by molar-refractivity contribution is 5.98. The molecule has 0 saturated carbocycles. The number of benzene rings is 2. The summed E-state index contributed by atoms with van der Waals surface area (Å²) in [7, 11) is 0. The Bertz CT molecular complexity index is 1010. The number of ether oxygens (including phenoxy) is 2. The molecular formula is C22H23N3O3. The Hall–Kier alpha value is -2.99. The SMILES string of the molecule is O=C(c1ccc2cc[nH]c2c1)N1CCOc2ccc(N3CCOCC3)cc2C1. The molecule has 6 heteroatoms. The van der Waals surface area contributed by atoms with E-state index >= 15 is 0 Å². The maximum Gasteiger partial charge on any atom is 0.254 e. The standard InChI is InChI=1S/C22H23N3O3/c26-22(17-2-1-16-5-6-23-20(16)14-17)25-9-12-28-21-4-3-19(13-18(21)15-25)24-7-10-27-11-8-24/h1-6,13-14,23H,7-12,15H2. The fraction of sp³-hybridized carbons (Fsp3) is 0.318. The summed E-state index contributed by atoms with van der Waals surface area (Å²) < 4.78 is 11.4. The number of amides is 1. The van der Waals surface area contributed by atoms with Crippen LogP contribution in [0.3, 0.4) is 0 Å². The summed E-state index contributed by atoms with van der Waals surface area (Å²) in [4.78, 5) is 20.5. The molecular weight excluding hydrogens is 354 g/mol. The van der Waals surface area contributed by atoms with Crippen molar-refractivity contribution in [1.29, 1.82) is 0 Å². The third-order valence-corrected chi connectivity index (χ3v) is 5.49. The lowest BCUT2D eigenvalue weighted by Crippen LogP contribution is -2.36. The van der Waals surface area contributed by atoms with Gasteiger partial charge < -0.3 is 24.3 Å². The van der Waals surface area contributed by atoms with Crippen molar-refractivity contribution in [1.82, 2.24) is 9.88 Å². The lowest BCUT2D eigenvalue weighted by molar-refractivity contribution is 0.0733. The number of nitrogens with one attached hydrogen (secondary N) is 1. The number of carbonyl (C=O) groups is 1. The van der Waals surface area contributed by atoms with E-state index in [-0.39, 0.29) is 5.91 Å². The molecule has 5 rings (SSSR count). The molecule has 1 amide bonds. The maximum absolute atomic E-state index is 13.1. The van der Waals surface area contributed by atoms with Gasteiger partial charge in [0, 0.05) is 48.2 Å². The van der Waals surface area contributed by atoms with Crippen LogP contribution >= 0.6 is 0 Å². The quantitative estimate of drug-likeness (QED) is 0.746. The molecule has 1 aromatic heterocycles. The Labute approximate surface area is 163 Å². The monoisotopic (exact) mass is 377 g/mol. The molecule has 1 fully saturated rings. The number of aromatic amines is 1. The fourth-order valence-electron chi connectivity index (χ4n) is 3.94. The molecule has 0 aliphatic carbocycles. The summed E-state index contributed by atoms with van der Waals surface area (Å²) in [5, 5.41) is 1.11. The van der Waals surface area contributed by atoms with Gasteiger partial charge in [-0.15, -0.1) is 0 Å². The number of fused-ring (bicyclic) bond motifs is 2. The highest BCUT2D eigenvalue weighted by atomic mass is 16.5. The van der Waals surface area contributed by atoms with Gasteiger partial charge in [0.05, 0.1) is 19.8 Å². The Balaban J connectivity index is 1.40. The Morgan fingerprint density at radius 2 is 1.86 bits per heavy atom. The summed E-state index contributed by atoms with van der Waals surface area (Å²) >= 11 is 0. The first-order valence-electron chi connectivity index (χ1n) is 9.73. The van der Waals surface area contributed by atoms with Crippen LogP contribution in [0.4, 0.5) is 5.69 Å². The van der Waals surface area contributed by atoms with E-state index in [0.717, 1.165) is 54.2 Å². The van der Waals surface area contributed by atoms with E-state index < -0.39 is 0 Å². The van der Waals surface area contributed by atoms with Crippen LogP contribution in [0.5, 0.6) is 5.75 Å². The van der Waals surface area contributed by atoms with E-state index in [9.17, 15) is 4.79 Å².